The first-order valence-electron chi connectivity index (χ1n) is 8.27. The minimum Gasteiger partial charge on any atom is -0.756 e. The quantitative estimate of drug-likeness (QED) is 0.487. The third-order valence-electron chi connectivity index (χ3n) is 4.09. The van der Waals surface area contributed by atoms with Crippen LogP contribution in [0.4, 0.5) is 5.82 Å². The second kappa shape index (κ2) is 8.50. The Bertz CT molecular complexity index is 908. The van der Waals surface area contributed by atoms with Gasteiger partial charge in [0, 0.05) is 6.20 Å². The van der Waals surface area contributed by atoms with Crippen molar-refractivity contribution in [3.05, 3.63) is 58.6 Å². The molecular weight excluding hydrogens is 393 g/mol. The summed E-state index contributed by atoms with van der Waals surface area (Å²) in [6.07, 6.45) is -4.25. The van der Waals surface area contributed by atoms with Crippen LogP contribution in [0.25, 0.3) is 0 Å². The number of nitrogens with zero attached hydrogens (tertiary/aromatic N) is 2. The smallest absolute Gasteiger partial charge is 0.351 e. The van der Waals surface area contributed by atoms with Crippen LogP contribution in [0, 0.1) is 0 Å². The Morgan fingerprint density at radius 2 is 1.93 bits per heavy atom. The molecule has 28 heavy (non-hydrogen) atoms. The number of anilines is 1. The fourth-order valence-corrected chi connectivity index (χ4v) is 3.36. The van der Waals surface area contributed by atoms with Crippen molar-refractivity contribution >= 4 is 13.6 Å². The monoisotopic (exact) mass is 412 g/mol. The van der Waals surface area contributed by atoms with Crippen molar-refractivity contribution in [1.29, 1.82) is 0 Å². The molecule has 0 spiro atoms. The van der Waals surface area contributed by atoms with E-state index in [1.54, 1.807) is 30.3 Å². The van der Waals surface area contributed by atoms with E-state index in [4.69, 9.17) is 19.5 Å². The highest BCUT2D eigenvalue weighted by atomic mass is 31.2. The van der Waals surface area contributed by atoms with Gasteiger partial charge in [-0.1, -0.05) is 30.3 Å². The Labute approximate surface area is 159 Å². The Hall–Kier alpha value is -2.11. The van der Waals surface area contributed by atoms with Gasteiger partial charge in [0.25, 0.3) is 7.82 Å². The lowest BCUT2D eigenvalue weighted by molar-refractivity contribution is -0.229. The van der Waals surface area contributed by atoms with Crippen LogP contribution in [0.3, 0.4) is 0 Å². The Morgan fingerprint density at radius 3 is 2.61 bits per heavy atom. The molecule has 12 heteroatoms. The van der Waals surface area contributed by atoms with Gasteiger partial charge in [0.1, 0.15) is 24.1 Å². The zero-order valence-corrected chi connectivity index (χ0v) is 15.4. The first-order chi connectivity index (χ1) is 13.3. The molecule has 2 unspecified atom stereocenters. The van der Waals surface area contributed by atoms with Crippen LogP contribution in [0.5, 0.6) is 0 Å². The molecule has 1 fully saturated rings. The lowest BCUT2D eigenvalue weighted by Crippen LogP contribution is -2.36. The van der Waals surface area contributed by atoms with E-state index in [2.05, 4.69) is 4.98 Å². The second-order valence-electron chi connectivity index (χ2n) is 6.09. The maximum atomic E-state index is 11.9. The second-order valence-corrected chi connectivity index (χ2v) is 7.50. The SMILES string of the molecule is Nc1ccn(C2O[C@H](COP(=O)([O-])OCc3ccccc3)[C@@H](O)[C@@H]2O)c(=O)n1. The summed E-state index contributed by atoms with van der Waals surface area (Å²) in [4.78, 5) is 27.3. The molecule has 11 nitrogen and oxygen atoms in total. The van der Waals surface area contributed by atoms with Crippen LogP contribution in [-0.2, 0) is 25.0 Å². The van der Waals surface area contributed by atoms with Gasteiger partial charge in [-0.2, -0.15) is 4.98 Å². The van der Waals surface area contributed by atoms with E-state index in [1.165, 1.54) is 12.3 Å². The van der Waals surface area contributed by atoms with Crippen LogP contribution in [-0.4, -0.2) is 44.7 Å². The largest absolute Gasteiger partial charge is 0.756 e. The molecule has 2 heterocycles. The van der Waals surface area contributed by atoms with Gasteiger partial charge in [-0.15, -0.1) is 0 Å². The van der Waals surface area contributed by atoms with Gasteiger partial charge < -0.3 is 34.6 Å². The summed E-state index contributed by atoms with van der Waals surface area (Å²) in [6.45, 7) is -0.825. The fraction of sp³-hybridized carbons (Fsp3) is 0.375. The summed E-state index contributed by atoms with van der Waals surface area (Å²) in [5, 5.41) is 20.2. The number of nitrogens with two attached hydrogens (primary N) is 1. The first-order valence-corrected chi connectivity index (χ1v) is 9.73. The lowest BCUT2D eigenvalue weighted by atomic mass is 10.1. The van der Waals surface area contributed by atoms with E-state index in [-0.39, 0.29) is 12.4 Å². The lowest BCUT2D eigenvalue weighted by Gasteiger charge is -2.25. The van der Waals surface area contributed by atoms with Crippen molar-refractivity contribution < 1.29 is 33.5 Å². The van der Waals surface area contributed by atoms with Gasteiger partial charge in [0.05, 0.1) is 13.2 Å². The first kappa shape index (κ1) is 20.6. The van der Waals surface area contributed by atoms with Gasteiger partial charge >= 0.3 is 5.69 Å². The van der Waals surface area contributed by atoms with E-state index in [0.717, 1.165) is 4.57 Å². The van der Waals surface area contributed by atoms with Crippen LogP contribution in [0.15, 0.2) is 47.4 Å². The topological polar surface area (TPSA) is 169 Å². The highest BCUT2D eigenvalue weighted by Crippen LogP contribution is 2.41. The number of ether oxygens (including phenoxy) is 1. The van der Waals surface area contributed by atoms with Crippen LogP contribution < -0.4 is 16.3 Å². The minimum absolute atomic E-state index is 0.0166. The molecule has 0 saturated carbocycles. The summed E-state index contributed by atoms with van der Waals surface area (Å²) < 4.78 is 27.8. The number of hydrogen-bond acceptors (Lipinski definition) is 10. The molecule has 2 aromatic rings. The molecule has 1 aliphatic rings. The highest BCUT2D eigenvalue weighted by Gasteiger charge is 2.44. The molecule has 152 valence electrons. The average Bonchev–Trinajstić information content (AvgIpc) is 2.94. The molecule has 1 aromatic carbocycles. The third kappa shape index (κ3) is 4.83. The van der Waals surface area contributed by atoms with Gasteiger partial charge in [0.15, 0.2) is 6.23 Å². The van der Waals surface area contributed by atoms with Crippen molar-refractivity contribution in [3.63, 3.8) is 0 Å². The highest BCUT2D eigenvalue weighted by molar-refractivity contribution is 7.45. The van der Waals surface area contributed by atoms with Crippen LogP contribution in [0.2, 0.25) is 0 Å². The maximum Gasteiger partial charge on any atom is 0.351 e. The summed E-state index contributed by atoms with van der Waals surface area (Å²) in [6, 6.07) is 9.92. The molecule has 4 N–H and O–H groups in total. The maximum absolute atomic E-state index is 11.9. The zero-order valence-electron chi connectivity index (χ0n) is 14.5. The standard InChI is InChI=1S/C16H20N3O8P/c17-12-6-7-19(16(22)18-12)15-14(21)13(20)11(27-15)9-26-28(23,24)25-8-10-4-2-1-3-5-10/h1-7,11,13-15,20-21H,8-9H2,(H,23,24)(H2,17,18,22)/p-1/t11-,13-,14+,15?/m1/s1. The van der Waals surface area contributed by atoms with E-state index in [9.17, 15) is 24.5 Å². The van der Waals surface area contributed by atoms with E-state index < -0.39 is 44.7 Å². The Balaban J connectivity index is 1.59. The Morgan fingerprint density at radius 1 is 1.21 bits per heavy atom. The average molecular weight is 412 g/mol. The number of hydrogen-bond donors (Lipinski definition) is 3. The Kier molecular flexibility index (Phi) is 6.26. The number of phosphoric ester groups is 1. The van der Waals surface area contributed by atoms with Gasteiger partial charge in [-0.3, -0.25) is 9.13 Å². The predicted molar refractivity (Wildman–Crippen MR) is 93.6 cm³/mol. The van der Waals surface area contributed by atoms with Crippen molar-refractivity contribution in [2.45, 2.75) is 31.1 Å². The van der Waals surface area contributed by atoms with Crippen molar-refractivity contribution in [2.24, 2.45) is 0 Å². The molecule has 0 radical (unpaired) electrons. The molecule has 1 aliphatic heterocycles. The number of rotatable bonds is 7. The fourth-order valence-electron chi connectivity index (χ4n) is 2.65. The minimum atomic E-state index is -4.68. The summed E-state index contributed by atoms with van der Waals surface area (Å²) in [5.41, 5.74) is 5.24. The van der Waals surface area contributed by atoms with Crippen molar-refractivity contribution in [2.75, 3.05) is 12.3 Å². The van der Waals surface area contributed by atoms with Crippen LogP contribution in [0.1, 0.15) is 11.8 Å². The van der Waals surface area contributed by atoms with Gasteiger partial charge in [-0.05, 0) is 11.6 Å². The molecule has 0 bridgehead atoms. The molecule has 3 rings (SSSR count). The summed E-state index contributed by atoms with van der Waals surface area (Å²) in [7, 11) is -4.68. The summed E-state index contributed by atoms with van der Waals surface area (Å²) in [5.74, 6) is -0.0166. The number of benzene rings is 1. The molecule has 5 atom stereocenters. The molecule has 1 saturated heterocycles. The zero-order chi connectivity index (χ0) is 20.3. The molecular formula is C16H19N3O8P-. The normalized spacial score (nSPS) is 26.8. The van der Waals surface area contributed by atoms with Gasteiger partial charge in [0.2, 0.25) is 0 Å². The van der Waals surface area contributed by atoms with E-state index in [1.807, 2.05) is 0 Å². The number of aliphatic hydroxyl groups is 2. The summed E-state index contributed by atoms with van der Waals surface area (Å²) >= 11 is 0. The molecule has 0 amide bonds. The number of aliphatic hydroxyl groups excluding tert-OH is 2. The van der Waals surface area contributed by atoms with Gasteiger partial charge in [-0.25, -0.2) is 4.79 Å². The van der Waals surface area contributed by atoms with Crippen LogP contribution >= 0.6 is 7.82 Å². The molecule has 1 aromatic heterocycles. The van der Waals surface area contributed by atoms with Crippen molar-refractivity contribution in [1.82, 2.24) is 9.55 Å². The molecule has 0 aliphatic carbocycles. The predicted octanol–water partition coefficient (Wildman–Crippen LogP) is -0.854. The third-order valence-corrected chi connectivity index (χ3v) is 5.00. The van der Waals surface area contributed by atoms with E-state index >= 15 is 0 Å². The van der Waals surface area contributed by atoms with E-state index in [0.29, 0.717) is 5.56 Å². The number of aromatic nitrogens is 2. The number of nitrogen functional groups attached to an aromatic ring is 1. The number of phosphoric acid groups is 1. The van der Waals surface area contributed by atoms with Crippen molar-refractivity contribution in [3.8, 4) is 0 Å².